The fourth-order valence-electron chi connectivity index (χ4n) is 1.38. The van der Waals surface area contributed by atoms with Crippen molar-refractivity contribution < 1.29 is 8.76 Å². The molecule has 0 radical (unpaired) electrons. The summed E-state index contributed by atoms with van der Waals surface area (Å²) in [5.74, 6) is 0. The van der Waals surface area contributed by atoms with Gasteiger partial charge in [-0.1, -0.05) is 27.2 Å². The number of hydrogen-bond acceptors (Lipinski definition) is 1. The van der Waals surface area contributed by atoms with E-state index in [0.29, 0.717) is 6.54 Å². The zero-order valence-corrected chi connectivity index (χ0v) is 8.93. The van der Waals surface area contributed by atoms with Crippen LogP contribution in [0.5, 0.6) is 0 Å². The Kier molecular flexibility index (Phi) is 6.61. The van der Waals surface area contributed by atoms with Crippen molar-refractivity contribution in [1.82, 2.24) is 4.31 Å². The summed E-state index contributed by atoms with van der Waals surface area (Å²) in [5, 5.41) is 0. The molecule has 0 saturated heterocycles. The molecule has 0 aliphatic heterocycles. The van der Waals surface area contributed by atoms with Crippen molar-refractivity contribution in [2.75, 3.05) is 6.54 Å². The van der Waals surface area contributed by atoms with Crippen molar-refractivity contribution in [2.24, 2.45) is 0 Å². The summed E-state index contributed by atoms with van der Waals surface area (Å²) < 4.78 is 21.4. The van der Waals surface area contributed by atoms with Crippen LogP contribution in [0.1, 0.15) is 40.0 Å². The topological polar surface area (TPSA) is 40.5 Å². The molecule has 0 rings (SSSR count). The highest BCUT2D eigenvalue weighted by molar-refractivity contribution is 7.76. The molecular weight excluding hydrogens is 174 g/mol. The molecule has 3 nitrogen and oxygen atoms in total. The van der Waals surface area contributed by atoms with Crippen molar-refractivity contribution in [3.8, 4) is 0 Å². The van der Waals surface area contributed by atoms with E-state index < -0.39 is 11.3 Å². The molecule has 0 fully saturated rings. The van der Waals surface area contributed by atoms with Crippen LogP contribution in [-0.4, -0.2) is 25.7 Å². The maximum Gasteiger partial charge on any atom is 0.234 e. The van der Waals surface area contributed by atoms with E-state index in [2.05, 4.69) is 13.8 Å². The first-order chi connectivity index (χ1) is 5.67. The van der Waals surface area contributed by atoms with Crippen LogP contribution in [0.2, 0.25) is 0 Å². The Labute approximate surface area is 77.6 Å². The van der Waals surface area contributed by atoms with Gasteiger partial charge in [0, 0.05) is 12.6 Å². The molecule has 0 saturated carbocycles. The normalized spacial score (nSPS) is 16.4. The summed E-state index contributed by atoms with van der Waals surface area (Å²) in [6, 6.07) is 0.255. The highest BCUT2D eigenvalue weighted by atomic mass is 32.2. The molecule has 0 aliphatic rings. The lowest BCUT2D eigenvalue weighted by Gasteiger charge is -2.25. The zero-order chi connectivity index (χ0) is 9.56. The Balaban J connectivity index is 4.12. The van der Waals surface area contributed by atoms with Gasteiger partial charge in [0.25, 0.3) is 0 Å². The largest absolute Gasteiger partial charge is 0.294 e. The van der Waals surface area contributed by atoms with E-state index in [9.17, 15) is 4.21 Å². The monoisotopic (exact) mass is 193 g/mol. The molecule has 0 aromatic carbocycles. The van der Waals surface area contributed by atoms with Crippen LogP contribution < -0.4 is 0 Å². The maximum absolute atomic E-state index is 10.8. The molecule has 0 bridgehead atoms. The van der Waals surface area contributed by atoms with E-state index in [1.807, 2.05) is 6.92 Å². The van der Waals surface area contributed by atoms with Crippen LogP contribution in [0.15, 0.2) is 0 Å². The van der Waals surface area contributed by atoms with Crippen molar-refractivity contribution >= 4 is 11.3 Å². The first kappa shape index (κ1) is 12.1. The van der Waals surface area contributed by atoms with Crippen LogP contribution in [0.4, 0.5) is 0 Å². The van der Waals surface area contributed by atoms with Crippen LogP contribution in [0.3, 0.4) is 0 Å². The minimum atomic E-state index is -1.80. The molecule has 74 valence electrons. The van der Waals surface area contributed by atoms with Crippen molar-refractivity contribution in [3.63, 3.8) is 0 Å². The van der Waals surface area contributed by atoms with Crippen molar-refractivity contribution in [1.29, 1.82) is 0 Å². The standard InChI is InChI=1S/C8H19NO2S/c1-4-7-8(5-2)9(6-3)12(10)11/h8H,4-7H2,1-3H3,(H,10,11). The van der Waals surface area contributed by atoms with Crippen LogP contribution in [0, 0.1) is 0 Å². The average molecular weight is 193 g/mol. The van der Waals surface area contributed by atoms with E-state index in [4.69, 9.17) is 4.55 Å². The van der Waals surface area contributed by atoms with Crippen molar-refractivity contribution in [2.45, 2.75) is 46.1 Å². The van der Waals surface area contributed by atoms with Gasteiger partial charge in [-0.25, -0.2) is 4.21 Å². The predicted octanol–water partition coefficient (Wildman–Crippen LogP) is 2.02. The molecule has 0 aromatic heterocycles. The minimum Gasteiger partial charge on any atom is -0.294 e. The van der Waals surface area contributed by atoms with Gasteiger partial charge in [0.15, 0.2) is 0 Å². The Morgan fingerprint density at radius 2 is 2.00 bits per heavy atom. The lowest BCUT2D eigenvalue weighted by atomic mass is 10.1. The van der Waals surface area contributed by atoms with Gasteiger partial charge in [-0.3, -0.25) is 4.55 Å². The fraction of sp³-hybridized carbons (Fsp3) is 1.00. The summed E-state index contributed by atoms with van der Waals surface area (Å²) in [6.45, 7) is 6.70. The molecule has 2 unspecified atom stereocenters. The molecule has 0 amide bonds. The minimum absolute atomic E-state index is 0.255. The van der Waals surface area contributed by atoms with Gasteiger partial charge in [0.05, 0.1) is 0 Å². The first-order valence-corrected chi connectivity index (χ1v) is 5.61. The Bertz CT molecular complexity index is 141. The van der Waals surface area contributed by atoms with E-state index in [0.717, 1.165) is 19.3 Å². The Hall–Kier alpha value is 0.0700. The third kappa shape index (κ3) is 3.65. The van der Waals surface area contributed by atoms with Gasteiger partial charge >= 0.3 is 0 Å². The van der Waals surface area contributed by atoms with Crippen LogP contribution >= 0.6 is 0 Å². The van der Waals surface area contributed by atoms with Gasteiger partial charge in [0.2, 0.25) is 11.3 Å². The van der Waals surface area contributed by atoms with Gasteiger partial charge in [-0.05, 0) is 12.8 Å². The third-order valence-electron chi connectivity index (χ3n) is 2.01. The second-order valence-corrected chi connectivity index (χ2v) is 3.75. The summed E-state index contributed by atoms with van der Waals surface area (Å²) in [7, 11) is 0. The maximum atomic E-state index is 10.8. The number of nitrogens with zero attached hydrogens (tertiary/aromatic N) is 1. The summed E-state index contributed by atoms with van der Waals surface area (Å²) in [5.41, 5.74) is 0. The Morgan fingerprint density at radius 3 is 2.25 bits per heavy atom. The molecule has 4 heteroatoms. The third-order valence-corrected chi connectivity index (χ3v) is 2.97. The summed E-state index contributed by atoms with van der Waals surface area (Å²) >= 11 is -1.80. The van der Waals surface area contributed by atoms with Crippen LogP contribution in [0.25, 0.3) is 0 Å². The van der Waals surface area contributed by atoms with Gasteiger partial charge < -0.3 is 0 Å². The highest BCUT2D eigenvalue weighted by Crippen LogP contribution is 2.11. The SMILES string of the molecule is CCCC(CC)N(CC)S(=O)O. The molecule has 1 N–H and O–H groups in total. The average Bonchev–Trinajstić information content (AvgIpc) is 2.03. The smallest absolute Gasteiger partial charge is 0.234 e. The molecular formula is C8H19NO2S. The molecule has 2 atom stereocenters. The Morgan fingerprint density at radius 1 is 1.42 bits per heavy atom. The first-order valence-electron chi connectivity index (χ1n) is 4.54. The lowest BCUT2D eigenvalue weighted by Crippen LogP contribution is -2.35. The van der Waals surface area contributed by atoms with E-state index in [1.54, 1.807) is 4.31 Å². The van der Waals surface area contributed by atoms with E-state index in [-0.39, 0.29) is 6.04 Å². The quantitative estimate of drug-likeness (QED) is 0.656. The predicted molar refractivity (Wildman–Crippen MR) is 52.1 cm³/mol. The van der Waals surface area contributed by atoms with Gasteiger partial charge in [-0.2, -0.15) is 4.31 Å². The van der Waals surface area contributed by atoms with E-state index in [1.165, 1.54) is 0 Å². The lowest BCUT2D eigenvalue weighted by molar-refractivity contribution is 0.299. The second-order valence-electron chi connectivity index (χ2n) is 2.81. The van der Waals surface area contributed by atoms with Gasteiger partial charge in [0.1, 0.15) is 0 Å². The molecule has 0 aliphatic carbocycles. The van der Waals surface area contributed by atoms with Crippen LogP contribution in [-0.2, 0) is 11.3 Å². The molecule has 0 heterocycles. The molecule has 12 heavy (non-hydrogen) atoms. The summed E-state index contributed by atoms with van der Waals surface area (Å²) in [4.78, 5) is 0. The fourth-order valence-corrected chi connectivity index (χ4v) is 2.11. The molecule has 0 aromatic rings. The summed E-state index contributed by atoms with van der Waals surface area (Å²) in [6.07, 6.45) is 3.00. The van der Waals surface area contributed by atoms with Crippen molar-refractivity contribution in [3.05, 3.63) is 0 Å². The zero-order valence-electron chi connectivity index (χ0n) is 8.12. The number of rotatable bonds is 6. The second kappa shape index (κ2) is 6.57. The number of hydrogen-bond donors (Lipinski definition) is 1. The van der Waals surface area contributed by atoms with Gasteiger partial charge in [-0.15, -0.1) is 0 Å². The highest BCUT2D eigenvalue weighted by Gasteiger charge is 2.18. The molecule has 0 spiro atoms. The van der Waals surface area contributed by atoms with E-state index >= 15 is 0 Å².